The number of rotatable bonds is 2. The zero-order valence-electron chi connectivity index (χ0n) is 10.5. The van der Waals surface area contributed by atoms with E-state index in [1.165, 1.54) is 0 Å². The van der Waals surface area contributed by atoms with E-state index in [0.29, 0.717) is 12.3 Å². The van der Waals surface area contributed by atoms with E-state index in [1.807, 2.05) is 0 Å². The maximum Gasteiger partial charge on any atom is 0.417 e. The zero-order chi connectivity index (χ0) is 16.7. The number of hydrogen-bond donors (Lipinski definition) is 1. The van der Waals surface area contributed by atoms with E-state index in [2.05, 4.69) is 0 Å². The molecule has 0 spiro atoms. The predicted octanol–water partition coefficient (Wildman–Crippen LogP) is 4.29. The van der Waals surface area contributed by atoms with Gasteiger partial charge in [0.2, 0.25) is 0 Å². The second-order valence-electron chi connectivity index (χ2n) is 4.30. The van der Waals surface area contributed by atoms with Gasteiger partial charge in [-0.2, -0.15) is 22.0 Å². The fraction of sp³-hybridized carbons (Fsp3) is 0.154. The molecule has 2 rings (SSSR count). The molecule has 1 aromatic heterocycles. The van der Waals surface area contributed by atoms with Crippen molar-refractivity contribution in [2.24, 2.45) is 0 Å². The molecule has 0 atom stereocenters. The number of benzene rings is 1. The molecule has 0 aliphatic heterocycles. The lowest BCUT2D eigenvalue weighted by molar-refractivity contribution is -0.137. The minimum atomic E-state index is -4.73. The van der Waals surface area contributed by atoms with Crippen molar-refractivity contribution in [1.82, 2.24) is 4.57 Å². The molecule has 9 heteroatoms. The lowest BCUT2D eigenvalue weighted by Crippen LogP contribution is -2.19. The molecule has 0 bridgehead atoms. The molecule has 0 saturated heterocycles. The smallest absolute Gasteiger partial charge is 0.417 e. The second kappa shape index (κ2) is 5.60. The van der Waals surface area contributed by atoms with Crippen LogP contribution in [0.4, 0.5) is 22.0 Å². The van der Waals surface area contributed by atoms with Crippen LogP contribution < -0.4 is 5.56 Å². The van der Waals surface area contributed by atoms with Crippen LogP contribution in [0.3, 0.4) is 0 Å². The van der Waals surface area contributed by atoms with Crippen LogP contribution in [0.2, 0.25) is 5.02 Å². The van der Waals surface area contributed by atoms with Gasteiger partial charge in [0, 0.05) is 11.8 Å². The van der Waals surface area contributed by atoms with Gasteiger partial charge in [-0.15, -0.1) is 0 Å². The Balaban J connectivity index is 2.65. The Hall–Kier alpha value is -2.09. The molecule has 0 aliphatic carbocycles. The number of pyridine rings is 1. The van der Waals surface area contributed by atoms with Gasteiger partial charge in [0.05, 0.1) is 10.6 Å². The van der Waals surface area contributed by atoms with Crippen LogP contribution >= 0.6 is 11.6 Å². The van der Waals surface area contributed by atoms with Gasteiger partial charge >= 0.3 is 12.7 Å². The van der Waals surface area contributed by atoms with Gasteiger partial charge in [0.1, 0.15) is 0 Å². The fourth-order valence-electron chi connectivity index (χ4n) is 1.81. The first-order valence-electron chi connectivity index (χ1n) is 5.71. The van der Waals surface area contributed by atoms with Crippen LogP contribution in [-0.2, 0) is 6.18 Å². The predicted molar refractivity (Wildman–Crippen MR) is 69.1 cm³/mol. The summed E-state index contributed by atoms with van der Waals surface area (Å²) in [6, 6.07) is 3.57. The highest BCUT2D eigenvalue weighted by molar-refractivity contribution is 6.31. The molecule has 118 valence electrons. The maximum absolute atomic E-state index is 12.8. The summed E-state index contributed by atoms with van der Waals surface area (Å²) in [5.74, 6) is -0.999. The Morgan fingerprint density at radius 1 is 1.14 bits per heavy atom. The summed E-state index contributed by atoms with van der Waals surface area (Å²) in [4.78, 5) is 11.3. The van der Waals surface area contributed by atoms with Crippen molar-refractivity contribution in [3.63, 3.8) is 0 Å². The van der Waals surface area contributed by atoms with Gasteiger partial charge in [-0.3, -0.25) is 9.36 Å². The van der Waals surface area contributed by atoms with E-state index >= 15 is 0 Å². The first kappa shape index (κ1) is 16.3. The minimum absolute atomic E-state index is 0.0768. The van der Waals surface area contributed by atoms with E-state index < -0.39 is 34.6 Å². The number of halogens is 6. The Labute approximate surface area is 125 Å². The fourth-order valence-corrected chi connectivity index (χ4v) is 2.04. The van der Waals surface area contributed by atoms with Gasteiger partial charge in [-0.1, -0.05) is 17.7 Å². The van der Waals surface area contributed by atoms with Crippen molar-refractivity contribution in [3.8, 4) is 16.9 Å². The summed E-state index contributed by atoms with van der Waals surface area (Å²) >= 11 is 5.46. The van der Waals surface area contributed by atoms with E-state index in [4.69, 9.17) is 11.6 Å². The lowest BCUT2D eigenvalue weighted by atomic mass is 10.0. The average molecular weight is 340 g/mol. The Kier molecular flexibility index (Phi) is 4.15. The lowest BCUT2D eigenvalue weighted by Gasteiger charge is -2.12. The SMILES string of the molecule is O=c1c(O)cc(-c2ccc(Cl)c(C(F)(F)F)c2)cn1C(F)F. The first-order valence-corrected chi connectivity index (χ1v) is 6.09. The van der Waals surface area contributed by atoms with Gasteiger partial charge in [-0.05, 0) is 23.8 Å². The van der Waals surface area contributed by atoms with Crippen molar-refractivity contribution in [2.45, 2.75) is 12.7 Å². The number of hydrogen-bond acceptors (Lipinski definition) is 2. The van der Waals surface area contributed by atoms with Crippen molar-refractivity contribution in [3.05, 3.63) is 51.4 Å². The molecule has 1 N–H and O–H groups in total. The number of aromatic nitrogens is 1. The molecule has 0 amide bonds. The van der Waals surface area contributed by atoms with Crippen molar-refractivity contribution in [1.29, 1.82) is 0 Å². The van der Waals surface area contributed by atoms with Crippen molar-refractivity contribution >= 4 is 11.6 Å². The second-order valence-corrected chi connectivity index (χ2v) is 4.70. The summed E-state index contributed by atoms with van der Waals surface area (Å²) in [6.45, 7) is -3.24. The van der Waals surface area contributed by atoms with Crippen LogP contribution in [0.5, 0.6) is 5.75 Å². The number of alkyl halides is 5. The molecule has 3 nitrogen and oxygen atoms in total. The third kappa shape index (κ3) is 3.06. The summed E-state index contributed by atoms with van der Waals surface area (Å²) in [7, 11) is 0. The Morgan fingerprint density at radius 3 is 2.32 bits per heavy atom. The molecular formula is C13H7ClF5NO2. The quantitative estimate of drug-likeness (QED) is 0.829. The van der Waals surface area contributed by atoms with Gasteiger partial charge in [0.25, 0.3) is 5.56 Å². The minimum Gasteiger partial charge on any atom is -0.503 e. The van der Waals surface area contributed by atoms with Crippen LogP contribution in [0.15, 0.2) is 35.3 Å². The zero-order valence-corrected chi connectivity index (χ0v) is 11.3. The van der Waals surface area contributed by atoms with Gasteiger partial charge in [-0.25, -0.2) is 0 Å². The molecule has 22 heavy (non-hydrogen) atoms. The highest BCUT2D eigenvalue weighted by atomic mass is 35.5. The Bertz CT molecular complexity index is 770. The van der Waals surface area contributed by atoms with E-state index in [9.17, 15) is 31.9 Å². The number of nitrogens with zero attached hydrogens (tertiary/aromatic N) is 1. The average Bonchev–Trinajstić information content (AvgIpc) is 2.40. The monoisotopic (exact) mass is 339 g/mol. The van der Waals surface area contributed by atoms with Gasteiger partial charge in [0.15, 0.2) is 5.75 Å². The Morgan fingerprint density at radius 2 is 1.77 bits per heavy atom. The first-order chi connectivity index (χ1) is 10.1. The molecule has 0 fully saturated rings. The molecule has 1 aromatic carbocycles. The third-order valence-corrected chi connectivity index (χ3v) is 3.17. The maximum atomic E-state index is 12.8. The molecule has 2 aromatic rings. The van der Waals surface area contributed by atoms with Gasteiger partial charge < -0.3 is 5.11 Å². The topological polar surface area (TPSA) is 42.2 Å². The largest absolute Gasteiger partial charge is 0.503 e. The molecular weight excluding hydrogens is 333 g/mol. The molecule has 0 unspecified atom stereocenters. The summed E-state index contributed by atoms with van der Waals surface area (Å²) < 4.78 is 63.7. The molecule has 0 radical (unpaired) electrons. The standard InChI is InChI=1S/C13H7ClF5NO2/c14-9-2-1-6(3-8(9)13(17,18)19)7-4-10(21)11(22)20(5-7)12(15)16/h1-5,12,21H. The summed E-state index contributed by atoms with van der Waals surface area (Å²) in [6.07, 6.45) is -4.07. The van der Waals surface area contributed by atoms with E-state index in [0.717, 1.165) is 18.2 Å². The van der Waals surface area contributed by atoms with Crippen molar-refractivity contribution < 1.29 is 27.1 Å². The van der Waals surface area contributed by atoms with Crippen LogP contribution in [0.1, 0.15) is 12.1 Å². The molecule has 1 heterocycles. The highest BCUT2D eigenvalue weighted by Crippen LogP contribution is 2.37. The third-order valence-electron chi connectivity index (χ3n) is 2.84. The molecule has 0 aliphatic rings. The molecule has 0 saturated carbocycles. The van der Waals surface area contributed by atoms with E-state index in [-0.39, 0.29) is 15.7 Å². The normalized spacial score (nSPS) is 12.0. The van der Waals surface area contributed by atoms with Crippen LogP contribution in [0, 0.1) is 0 Å². The van der Waals surface area contributed by atoms with E-state index in [1.54, 1.807) is 0 Å². The highest BCUT2D eigenvalue weighted by Gasteiger charge is 2.33. The van der Waals surface area contributed by atoms with Crippen molar-refractivity contribution in [2.75, 3.05) is 0 Å². The van der Waals surface area contributed by atoms with Crippen LogP contribution in [0.25, 0.3) is 11.1 Å². The van der Waals surface area contributed by atoms with Crippen LogP contribution in [-0.4, -0.2) is 9.67 Å². The summed E-state index contributed by atoms with van der Waals surface area (Å²) in [5, 5.41) is 8.81. The number of aromatic hydroxyl groups is 1. The summed E-state index contributed by atoms with van der Waals surface area (Å²) in [5.41, 5.74) is -2.80.